The fraction of sp³-hybridized carbons (Fsp3) is 0.500. The first-order valence-corrected chi connectivity index (χ1v) is 6.95. The lowest BCUT2D eigenvalue weighted by atomic mass is 10.1. The number of ether oxygens (including phenoxy) is 1. The van der Waals surface area contributed by atoms with E-state index in [1.165, 1.54) is 0 Å². The molecule has 4 nitrogen and oxygen atoms in total. The van der Waals surface area contributed by atoms with Gasteiger partial charge in [-0.05, 0) is 31.0 Å². The molecule has 1 amide bonds. The van der Waals surface area contributed by atoms with Gasteiger partial charge in [-0.15, -0.1) is 0 Å². The molecule has 1 atom stereocenters. The van der Waals surface area contributed by atoms with Crippen LogP contribution in [-0.4, -0.2) is 18.6 Å². The maximum atomic E-state index is 11.8. The lowest BCUT2D eigenvalue weighted by Crippen LogP contribution is -2.35. The van der Waals surface area contributed by atoms with Crippen LogP contribution < -0.4 is 15.8 Å². The Morgan fingerprint density at radius 1 is 1.42 bits per heavy atom. The summed E-state index contributed by atoms with van der Waals surface area (Å²) in [7, 11) is 0. The lowest BCUT2D eigenvalue weighted by Gasteiger charge is -2.12. The van der Waals surface area contributed by atoms with E-state index in [0.29, 0.717) is 29.5 Å². The summed E-state index contributed by atoms with van der Waals surface area (Å²) in [4.78, 5) is 11.8. The molecular formula is C14H21ClN2O2. The van der Waals surface area contributed by atoms with Crippen LogP contribution in [0.5, 0.6) is 5.75 Å². The van der Waals surface area contributed by atoms with Crippen LogP contribution >= 0.6 is 11.6 Å². The van der Waals surface area contributed by atoms with Crippen molar-refractivity contribution in [3.8, 4) is 5.75 Å². The third kappa shape index (κ3) is 5.09. The van der Waals surface area contributed by atoms with E-state index in [0.717, 1.165) is 12.8 Å². The molecular weight excluding hydrogens is 264 g/mol. The van der Waals surface area contributed by atoms with Gasteiger partial charge in [0.2, 0.25) is 5.91 Å². The summed E-state index contributed by atoms with van der Waals surface area (Å²) in [5.74, 6) is 0.430. The number of hydrogen-bond acceptors (Lipinski definition) is 3. The van der Waals surface area contributed by atoms with Crippen molar-refractivity contribution in [1.29, 1.82) is 0 Å². The highest BCUT2D eigenvalue weighted by Gasteiger charge is 2.13. The molecule has 0 radical (unpaired) electrons. The second-order valence-corrected chi connectivity index (χ2v) is 4.79. The predicted molar refractivity (Wildman–Crippen MR) is 78.8 cm³/mol. The van der Waals surface area contributed by atoms with Crippen LogP contribution in [0.15, 0.2) is 18.2 Å². The fourth-order valence-corrected chi connectivity index (χ4v) is 1.82. The number of hydrogen-bond donors (Lipinski definition) is 2. The second kappa shape index (κ2) is 8.02. The monoisotopic (exact) mass is 284 g/mol. The number of halogens is 1. The van der Waals surface area contributed by atoms with Crippen LogP contribution in [0.25, 0.3) is 0 Å². The highest BCUT2D eigenvalue weighted by molar-refractivity contribution is 6.32. The fourth-order valence-electron chi connectivity index (χ4n) is 1.58. The van der Waals surface area contributed by atoms with Crippen LogP contribution in [0.3, 0.4) is 0 Å². The minimum atomic E-state index is -0.486. The molecule has 0 saturated heterocycles. The minimum absolute atomic E-state index is 0.194. The van der Waals surface area contributed by atoms with Crippen molar-refractivity contribution < 1.29 is 9.53 Å². The third-order valence-electron chi connectivity index (χ3n) is 2.60. The van der Waals surface area contributed by atoms with Crippen molar-refractivity contribution in [2.45, 2.75) is 39.2 Å². The van der Waals surface area contributed by atoms with Gasteiger partial charge in [-0.2, -0.15) is 0 Å². The predicted octanol–water partition coefficient (Wildman–Crippen LogP) is 3.19. The van der Waals surface area contributed by atoms with Crippen LogP contribution in [0.1, 0.15) is 33.1 Å². The van der Waals surface area contributed by atoms with E-state index in [-0.39, 0.29) is 5.91 Å². The quantitative estimate of drug-likeness (QED) is 0.808. The molecule has 19 heavy (non-hydrogen) atoms. The molecule has 0 unspecified atom stereocenters. The second-order valence-electron chi connectivity index (χ2n) is 4.38. The zero-order valence-electron chi connectivity index (χ0n) is 11.4. The Labute approximate surface area is 119 Å². The van der Waals surface area contributed by atoms with Crippen molar-refractivity contribution in [3.63, 3.8) is 0 Å². The van der Waals surface area contributed by atoms with Gasteiger partial charge in [0.15, 0.2) is 0 Å². The summed E-state index contributed by atoms with van der Waals surface area (Å²) in [6.45, 7) is 4.63. The number of carbonyl (C=O) groups excluding carboxylic acids is 1. The van der Waals surface area contributed by atoms with Crippen molar-refractivity contribution in [3.05, 3.63) is 23.2 Å². The Bertz CT molecular complexity index is 424. The molecule has 0 heterocycles. The third-order valence-corrected chi connectivity index (χ3v) is 2.89. The summed E-state index contributed by atoms with van der Waals surface area (Å²) in [5, 5.41) is 3.23. The van der Waals surface area contributed by atoms with Gasteiger partial charge in [-0.25, -0.2) is 0 Å². The van der Waals surface area contributed by atoms with Gasteiger partial charge >= 0.3 is 0 Å². The lowest BCUT2D eigenvalue weighted by molar-refractivity contribution is -0.117. The molecule has 3 N–H and O–H groups in total. The Morgan fingerprint density at radius 2 is 2.16 bits per heavy atom. The molecule has 0 aliphatic heterocycles. The molecule has 0 bridgehead atoms. The highest BCUT2D eigenvalue weighted by atomic mass is 35.5. The Balaban J connectivity index is 2.65. The number of anilines is 1. The summed E-state index contributed by atoms with van der Waals surface area (Å²) in [5.41, 5.74) is 6.37. The Kier molecular flexibility index (Phi) is 6.67. The zero-order chi connectivity index (χ0) is 14.3. The van der Waals surface area contributed by atoms with E-state index in [9.17, 15) is 4.79 Å². The van der Waals surface area contributed by atoms with E-state index in [2.05, 4.69) is 5.32 Å². The van der Waals surface area contributed by atoms with Crippen LogP contribution in [0, 0.1) is 0 Å². The summed E-state index contributed by atoms with van der Waals surface area (Å²) >= 11 is 6.08. The van der Waals surface area contributed by atoms with Crippen molar-refractivity contribution in [2.24, 2.45) is 5.73 Å². The molecule has 0 fully saturated rings. The molecule has 0 saturated carbocycles. The normalized spacial score (nSPS) is 12.0. The number of benzene rings is 1. The van der Waals surface area contributed by atoms with Crippen LogP contribution in [0.2, 0.25) is 5.02 Å². The molecule has 5 heteroatoms. The summed E-state index contributed by atoms with van der Waals surface area (Å²) in [6.07, 6.45) is 2.46. The van der Waals surface area contributed by atoms with Gasteiger partial charge in [0, 0.05) is 5.69 Å². The average Bonchev–Trinajstić information content (AvgIpc) is 2.38. The maximum Gasteiger partial charge on any atom is 0.241 e. The molecule has 106 valence electrons. The van der Waals surface area contributed by atoms with Crippen LogP contribution in [0.4, 0.5) is 5.69 Å². The van der Waals surface area contributed by atoms with Gasteiger partial charge in [0.25, 0.3) is 0 Å². The topological polar surface area (TPSA) is 64.3 Å². The Morgan fingerprint density at radius 3 is 2.74 bits per heavy atom. The number of rotatable bonds is 7. The van der Waals surface area contributed by atoms with Gasteiger partial charge in [0.05, 0.1) is 17.7 Å². The molecule has 0 aromatic heterocycles. The smallest absolute Gasteiger partial charge is 0.241 e. The van der Waals surface area contributed by atoms with E-state index in [1.807, 2.05) is 13.8 Å². The van der Waals surface area contributed by atoms with E-state index < -0.39 is 6.04 Å². The highest BCUT2D eigenvalue weighted by Crippen LogP contribution is 2.27. The number of carbonyl (C=O) groups is 1. The first-order valence-electron chi connectivity index (χ1n) is 6.57. The number of nitrogens with one attached hydrogen (secondary N) is 1. The SMILES string of the molecule is CCCOc1ccc(NC(=O)[C@@H](N)CCC)cc1Cl. The largest absolute Gasteiger partial charge is 0.492 e. The van der Waals surface area contributed by atoms with Crippen molar-refractivity contribution >= 4 is 23.2 Å². The first kappa shape index (κ1) is 15.8. The van der Waals surface area contributed by atoms with Gasteiger partial charge < -0.3 is 15.8 Å². The molecule has 0 spiro atoms. The minimum Gasteiger partial charge on any atom is -0.492 e. The van der Waals surface area contributed by atoms with Crippen LogP contribution in [-0.2, 0) is 4.79 Å². The standard InChI is InChI=1S/C14H21ClN2O2/c1-3-5-12(16)14(18)17-10-6-7-13(11(15)9-10)19-8-4-2/h6-7,9,12H,3-5,8,16H2,1-2H3,(H,17,18)/t12-/m0/s1. The molecule has 1 aromatic carbocycles. The average molecular weight is 285 g/mol. The first-order chi connectivity index (χ1) is 9.08. The van der Waals surface area contributed by atoms with E-state index >= 15 is 0 Å². The number of amides is 1. The van der Waals surface area contributed by atoms with Gasteiger partial charge in [0.1, 0.15) is 5.75 Å². The Hall–Kier alpha value is -1.26. The van der Waals surface area contributed by atoms with E-state index in [4.69, 9.17) is 22.1 Å². The zero-order valence-corrected chi connectivity index (χ0v) is 12.2. The summed E-state index contributed by atoms with van der Waals surface area (Å²) in [6, 6.07) is 4.69. The molecule has 0 aliphatic carbocycles. The van der Waals surface area contributed by atoms with Crippen molar-refractivity contribution in [2.75, 3.05) is 11.9 Å². The summed E-state index contributed by atoms with van der Waals surface area (Å²) < 4.78 is 5.46. The maximum absolute atomic E-state index is 11.8. The molecule has 0 aliphatic rings. The van der Waals surface area contributed by atoms with Crippen molar-refractivity contribution in [1.82, 2.24) is 0 Å². The van der Waals surface area contributed by atoms with Gasteiger partial charge in [-0.3, -0.25) is 4.79 Å². The number of nitrogens with two attached hydrogens (primary N) is 1. The van der Waals surface area contributed by atoms with Gasteiger partial charge in [-0.1, -0.05) is 31.9 Å². The molecule has 1 aromatic rings. The van der Waals surface area contributed by atoms with E-state index in [1.54, 1.807) is 18.2 Å². The molecule has 1 rings (SSSR count).